The Labute approximate surface area is 127 Å². The number of hydrogen-bond acceptors (Lipinski definition) is 3. The van der Waals surface area contributed by atoms with Crippen molar-refractivity contribution >= 4 is 30.1 Å². The largest absolute Gasteiger partial charge is 0.352 e. The molecule has 1 saturated heterocycles. The molecule has 3 nitrogen and oxygen atoms in total. The van der Waals surface area contributed by atoms with Crippen molar-refractivity contribution in [2.24, 2.45) is 5.92 Å². The van der Waals surface area contributed by atoms with Crippen LogP contribution in [0.1, 0.15) is 45.4 Å². The van der Waals surface area contributed by atoms with E-state index < -0.39 is 0 Å². The van der Waals surface area contributed by atoms with E-state index in [1.54, 1.807) is 0 Å². The molecular formula is C14H27ClN2OS. The van der Waals surface area contributed by atoms with E-state index in [2.05, 4.69) is 17.6 Å². The summed E-state index contributed by atoms with van der Waals surface area (Å²) in [7, 11) is 0. The molecule has 0 bridgehead atoms. The van der Waals surface area contributed by atoms with Gasteiger partial charge < -0.3 is 10.6 Å². The van der Waals surface area contributed by atoms with Gasteiger partial charge in [0.15, 0.2) is 0 Å². The van der Waals surface area contributed by atoms with Crippen LogP contribution in [0.2, 0.25) is 0 Å². The van der Waals surface area contributed by atoms with E-state index >= 15 is 0 Å². The monoisotopic (exact) mass is 306 g/mol. The van der Waals surface area contributed by atoms with E-state index in [0.29, 0.717) is 11.3 Å². The summed E-state index contributed by atoms with van der Waals surface area (Å²) in [6.07, 6.45) is 7.23. The Morgan fingerprint density at radius 2 is 2.05 bits per heavy atom. The molecule has 3 unspecified atom stereocenters. The van der Waals surface area contributed by atoms with Crippen molar-refractivity contribution in [1.29, 1.82) is 0 Å². The van der Waals surface area contributed by atoms with E-state index in [9.17, 15) is 4.79 Å². The van der Waals surface area contributed by atoms with Crippen LogP contribution in [0.15, 0.2) is 0 Å². The van der Waals surface area contributed by atoms with Gasteiger partial charge in [-0.05, 0) is 38.0 Å². The molecule has 0 aromatic carbocycles. The molecule has 1 heterocycles. The summed E-state index contributed by atoms with van der Waals surface area (Å²) in [6, 6.07) is 0.415. The van der Waals surface area contributed by atoms with Gasteiger partial charge in [0, 0.05) is 17.8 Å². The second-order valence-corrected chi connectivity index (χ2v) is 6.95. The first kappa shape index (κ1) is 17.1. The van der Waals surface area contributed by atoms with Gasteiger partial charge in [-0.15, -0.1) is 12.4 Å². The second-order valence-electron chi connectivity index (χ2n) is 5.44. The van der Waals surface area contributed by atoms with Gasteiger partial charge in [0.25, 0.3) is 0 Å². The molecule has 19 heavy (non-hydrogen) atoms. The number of amides is 1. The Morgan fingerprint density at radius 3 is 2.74 bits per heavy atom. The summed E-state index contributed by atoms with van der Waals surface area (Å²) in [4.78, 5) is 12.3. The highest BCUT2D eigenvalue weighted by Crippen LogP contribution is 2.29. The van der Waals surface area contributed by atoms with Crippen LogP contribution in [0.3, 0.4) is 0 Å². The molecule has 3 atom stereocenters. The third kappa shape index (κ3) is 5.16. The Kier molecular flexibility index (Phi) is 8.19. The third-order valence-electron chi connectivity index (χ3n) is 4.08. The van der Waals surface area contributed by atoms with E-state index in [-0.39, 0.29) is 24.2 Å². The van der Waals surface area contributed by atoms with E-state index in [1.165, 1.54) is 25.7 Å². The lowest BCUT2D eigenvalue weighted by molar-refractivity contribution is -0.126. The van der Waals surface area contributed by atoms with Crippen LogP contribution < -0.4 is 10.6 Å². The molecule has 2 aliphatic rings. The maximum absolute atomic E-state index is 12.3. The molecule has 2 rings (SSSR count). The maximum Gasteiger partial charge on any atom is 0.224 e. The standard InChI is InChI=1S/C14H26N2OS.ClH/c1-2-18-13-8-4-3-7-12(13)16-14(17)11-6-5-9-15-10-11;/h11-13,15H,2-10H2,1H3,(H,16,17);1H. The first-order valence-corrected chi connectivity index (χ1v) is 8.49. The molecule has 2 fully saturated rings. The van der Waals surface area contributed by atoms with Gasteiger partial charge in [0.2, 0.25) is 5.91 Å². The van der Waals surface area contributed by atoms with Crippen LogP contribution in [-0.2, 0) is 4.79 Å². The minimum atomic E-state index is 0. The lowest BCUT2D eigenvalue weighted by Gasteiger charge is -2.33. The molecule has 1 amide bonds. The van der Waals surface area contributed by atoms with Crippen molar-refractivity contribution in [3.8, 4) is 0 Å². The summed E-state index contributed by atoms with van der Waals surface area (Å²) in [5.74, 6) is 1.64. The molecule has 0 aromatic rings. The number of hydrogen-bond donors (Lipinski definition) is 2. The zero-order valence-electron chi connectivity index (χ0n) is 11.8. The Balaban J connectivity index is 0.00000180. The van der Waals surface area contributed by atoms with Gasteiger partial charge in [0.05, 0.1) is 5.92 Å². The molecule has 0 radical (unpaired) electrons. The lowest BCUT2D eigenvalue weighted by atomic mass is 9.93. The topological polar surface area (TPSA) is 41.1 Å². The number of halogens is 1. The van der Waals surface area contributed by atoms with Crippen molar-refractivity contribution in [3.63, 3.8) is 0 Å². The van der Waals surface area contributed by atoms with E-state index in [1.807, 2.05) is 11.8 Å². The Bertz CT molecular complexity index is 270. The van der Waals surface area contributed by atoms with Crippen LogP contribution in [0.5, 0.6) is 0 Å². The van der Waals surface area contributed by atoms with Gasteiger partial charge in [-0.25, -0.2) is 0 Å². The fraction of sp³-hybridized carbons (Fsp3) is 0.929. The minimum Gasteiger partial charge on any atom is -0.352 e. The lowest BCUT2D eigenvalue weighted by Crippen LogP contribution is -2.48. The molecule has 1 aliphatic carbocycles. The fourth-order valence-electron chi connectivity index (χ4n) is 3.05. The van der Waals surface area contributed by atoms with Crippen molar-refractivity contribution in [2.75, 3.05) is 18.8 Å². The van der Waals surface area contributed by atoms with E-state index in [4.69, 9.17) is 0 Å². The van der Waals surface area contributed by atoms with Gasteiger partial charge >= 0.3 is 0 Å². The Hall–Kier alpha value is 0.0700. The first-order valence-electron chi connectivity index (χ1n) is 7.44. The van der Waals surface area contributed by atoms with Crippen molar-refractivity contribution in [3.05, 3.63) is 0 Å². The molecule has 0 aromatic heterocycles. The molecule has 112 valence electrons. The quantitative estimate of drug-likeness (QED) is 0.839. The molecule has 2 N–H and O–H groups in total. The smallest absolute Gasteiger partial charge is 0.224 e. The minimum absolute atomic E-state index is 0. The normalized spacial score (nSPS) is 31.3. The molecule has 5 heteroatoms. The maximum atomic E-state index is 12.3. The highest BCUT2D eigenvalue weighted by Gasteiger charge is 2.29. The number of carbonyl (C=O) groups excluding carboxylic acids is 1. The summed E-state index contributed by atoms with van der Waals surface area (Å²) >= 11 is 2.02. The van der Waals surface area contributed by atoms with Crippen LogP contribution >= 0.6 is 24.2 Å². The second kappa shape index (κ2) is 9.09. The van der Waals surface area contributed by atoms with Crippen LogP contribution in [0.25, 0.3) is 0 Å². The van der Waals surface area contributed by atoms with Gasteiger partial charge in [-0.2, -0.15) is 11.8 Å². The average Bonchev–Trinajstić information content (AvgIpc) is 2.42. The number of nitrogens with one attached hydrogen (secondary N) is 2. The SMILES string of the molecule is CCSC1CCCCC1NC(=O)C1CCCNC1.Cl. The third-order valence-corrected chi connectivity index (χ3v) is 5.40. The van der Waals surface area contributed by atoms with Gasteiger partial charge in [-0.3, -0.25) is 4.79 Å². The first-order chi connectivity index (χ1) is 8.81. The number of rotatable bonds is 4. The zero-order valence-corrected chi connectivity index (χ0v) is 13.5. The zero-order chi connectivity index (χ0) is 12.8. The summed E-state index contributed by atoms with van der Waals surface area (Å²) in [5.41, 5.74) is 0. The van der Waals surface area contributed by atoms with Gasteiger partial charge in [-0.1, -0.05) is 19.8 Å². The molecular weight excluding hydrogens is 280 g/mol. The van der Waals surface area contributed by atoms with Crippen LogP contribution in [-0.4, -0.2) is 36.0 Å². The molecule has 1 aliphatic heterocycles. The molecule has 1 saturated carbocycles. The molecule has 0 spiro atoms. The number of thioether (sulfide) groups is 1. The van der Waals surface area contributed by atoms with Gasteiger partial charge in [0.1, 0.15) is 0 Å². The predicted octanol–water partition coefficient (Wildman–Crippen LogP) is 2.59. The van der Waals surface area contributed by atoms with Crippen LogP contribution in [0, 0.1) is 5.92 Å². The highest BCUT2D eigenvalue weighted by atomic mass is 35.5. The average molecular weight is 307 g/mol. The highest BCUT2D eigenvalue weighted by molar-refractivity contribution is 7.99. The number of piperidine rings is 1. The van der Waals surface area contributed by atoms with Crippen molar-refractivity contribution < 1.29 is 4.79 Å². The van der Waals surface area contributed by atoms with Crippen molar-refractivity contribution in [1.82, 2.24) is 10.6 Å². The Morgan fingerprint density at radius 1 is 1.26 bits per heavy atom. The summed E-state index contributed by atoms with van der Waals surface area (Å²) < 4.78 is 0. The summed E-state index contributed by atoms with van der Waals surface area (Å²) in [5, 5.41) is 7.29. The predicted molar refractivity (Wildman–Crippen MR) is 85.2 cm³/mol. The number of carbonyl (C=O) groups is 1. The summed E-state index contributed by atoms with van der Waals surface area (Å²) in [6.45, 7) is 4.15. The van der Waals surface area contributed by atoms with E-state index in [0.717, 1.165) is 31.7 Å². The van der Waals surface area contributed by atoms with Crippen LogP contribution in [0.4, 0.5) is 0 Å². The fourth-order valence-corrected chi connectivity index (χ4v) is 4.25. The van der Waals surface area contributed by atoms with Crippen molar-refractivity contribution in [2.45, 2.75) is 56.7 Å².